The van der Waals surface area contributed by atoms with Crippen LogP contribution in [0, 0.1) is 5.92 Å². The highest BCUT2D eigenvalue weighted by Gasteiger charge is 2.35. The highest BCUT2D eigenvalue weighted by atomic mass is 16.3. The average Bonchev–Trinajstić information content (AvgIpc) is 3.44. The van der Waals surface area contributed by atoms with Crippen LogP contribution >= 0.6 is 0 Å². The molecule has 3 aromatic rings. The summed E-state index contributed by atoms with van der Waals surface area (Å²) in [4.78, 5) is 17.3. The molecule has 5 rings (SSSR count). The Labute approximate surface area is 229 Å². The van der Waals surface area contributed by atoms with Crippen LogP contribution in [-0.2, 0) is 6.42 Å². The number of amides is 1. The van der Waals surface area contributed by atoms with Crippen molar-refractivity contribution in [2.45, 2.75) is 63.0 Å². The molecule has 0 radical (unpaired) electrons. The van der Waals surface area contributed by atoms with Crippen LogP contribution in [-0.4, -0.2) is 59.1 Å². The molecule has 202 valence electrons. The molecule has 1 heterocycles. The summed E-state index contributed by atoms with van der Waals surface area (Å²) >= 11 is 0. The standard InChI is InChI=1S/C28H38N2O2.C6H6/c1-29(27(31)25-12-6-3-7-13-25)26-15-14-24(21-26)22-30-19-17-28(32,18-20-30)16-8-11-23-9-4-2-5-10-23;1-2-4-6-5-3-1/h2-7,9-10,12-13,24,26,32H,8,11,14-22H2,1H3;1-6H/t24-,26?;/m1./s1. The van der Waals surface area contributed by atoms with E-state index in [0.29, 0.717) is 12.0 Å². The Hall–Kier alpha value is -2.95. The van der Waals surface area contributed by atoms with Crippen LogP contribution in [0.3, 0.4) is 0 Å². The normalized spacial score (nSPS) is 20.8. The number of piperidine rings is 1. The van der Waals surface area contributed by atoms with Gasteiger partial charge in [-0.05, 0) is 75.0 Å². The summed E-state index contributed by atoms with van der Waals surface area (Å²) in [5.74, 6) is 0.782. The van der Waals surface area contributed by atoms with Gasteiger partial charge < -0.3 is 14.9 Å². The van der Waals surface area contributed by atoms with Crippen molar-refractivity contribution >= 4 is 5.91 Å². The third kappa shape index (κ3) is 8.54. The molecule has 2 aliphatic rings. The lowest BCUT2D eigenvalue weighted by Gasteiger charge is -2.39. The number of benzene rings is 3. The fourth-order valence-electron chi connectivity index (χ4n) is 5.93. The van der Waals surface area contributed by atoms with E-state index in [-0.39, 0.29) is 5.91 Å². The molecule has 1 aliphatic carbocycles. The molecule has 2 fully saturated rings. The minimum absolute atomic E-state index is 0.134. The molecular weight excluding hydrogens is 468 g/mol. The van der Waals surface area contributed by atoms with Crippen LogP contribution in [0.15, 0.2) is 97.1 Å². The van der Waals surface area contributed by atoms with E-state index in [9.17, 15) is 9.90 Å². The lowest BCUT2D eigenvalue weighted by atomic mass is 9.85. The van der Waals surface area contributed by atoms with Crippen LogP contribution in [0.25, 0.3) is 0 Å². The topological polar surface area (TPSA) is 43.8 Å². The van der Waals surface area contributed by atoms with Crippen molar-refractivity contribution < 1.29 is 9.90 Å². The molecule has 1 aliphatic heterocycles. The SMILES string of the molecule is CN(C(=O)c1ccccc1)C1CC[C@@H](CN2CCC(O)(CCCc3ccccc3)CC2)C1.c1ccccc1. The van der Waals surface area contributed by atoms with Crippen LogP contribution in [0.4, 0.5) is 0 Å². The molecule has 1 saturated heterocycles. The lowest BCUT2D eigenvalue weighted by Crippen LogP contribution is -2.45. The maximum atomic E-state index is 12.8. The molecule has 3 aromatic carbocycles. The van der Waals surface area contributed by atoms with Crippen molar-refractivity contribution in [2.24, 2.45) is 5.92 Å². The number of hydrogen-bond acceptors (Lipinski definition) is 3. The van der Waals surface area contributed by atoms with Crippen molar-refractivity contribution in [3.05, 3.63) is 108 Å². The molecule has 4 nitrogen and oxygen atoms in total. The van der Waals surface area contributed by atoms with Gasteiger partial charge in [-0.3, -0.25) is 4.79 Å². The number of aliphatic hydroxyl groups is 1. The number of carbonyl (C=O) groups is 1. The zero-order chi connectivity index (χ0) is 26.6. The van der Waals surface area contributed by atoms with Gasteiger partial charge in [-0.2, -0.15) is 0 Å². The van der Waals surface area contributed by atoms with Gasteiger partial charge in [0.25, 0.3) is 5.91 Å². The molecule has 1 N–H and O–H groups in total. The molecule has 0 spiro atoms. The summed E-state index contributed by atoms with van der Waals surface area (Å²) < 4.78 is 0. The number of nitrogens with zero attached hydrogens (tertiary/aromatic N) is 2. The summed E-state index contributed by atoms with van der Waals surface area (Å²) in [6.45, 7) is 3.08. The fraction of sp³-hybridized carbons (Fsp3) is 0.441. The monoisotopic (exact) mass is 512 g/mol. The van der Waals surface area contributed by atoms with Gasteiger partial charge in [0.1, 0.15) is 0 Å². The lowest BCUT2D eigenvalue weighted by molar-refractivity contribution is -0.0315. The summed E-state index contributed by atoms with van der Waals surface area (Å²) in [6, 6.07) is 32.5. The average molecular weight is 513 g/mol. The van der Waals surface area contributed by atoms with Gasteiger partial charge in [0.2, 0.25) is 0 Å². The predicted octanol–water partition coefficient (Wildman–Crippen LogP) is 6.46. The molecule has 4 heteroatoms. The highest BCUT2D eigenvalue weighted by molar-refractivity contribution is 5.94. The number of rotatable bonds is 8. The Bertz CT molecular complexity index is 1040. The first-order chi connectivity index (χ1) is 18.5. The third-order valence-electron chi connectivity index (χ3n) is 8.32. The number of aryl methyl sites for hydroxylation is 1. The molecule has 0 aromatic heterocycles. The molecule has 0 bridgehead atoms. The van der Waals surface area contributed by atoms with E-state index in [2.05, 4.69) is 35.2 Å². The predicted molar refractivity (Wildman–Crippen MR) is 156 cm³/mol. The Morgan fingerprint density at radius 2 is 1.42 bits per heavy atom. The Kier molecular flexibility index (Phi) is 10.5. The number of hydrogen-bond donors (Lipinski definition) is 1. The van der Waals surface area contributed by atoms with Crippen molar-refractivity contribution in [2.75, 3.05) is 26.7 Å². The number of carbonyl (C=O) groups excluding carboxylic acids is 1. The first-order valence-corrected chi connectivity index (χ1v) is 14.3. The maximum absolute atomic E-state index is 12.8. The second kappa shape index (κ2) is 14.3. The summed E-state index contributed by atoms with van der Waals surface area (Å²) in [6.07, 6.45) is 8.12. The van der Waals surface area contributed by atoms with Gasteiger partial charge >= 0.3 is 0 Å². The van der Waals surface area contributed by atoms with E-state index in [4.69, 9.17) is 0 Å². The Balaban J connectivity index is 0.000000494. The van der Waals surface area contributed by atoms with Crippen molar-refractivity contribution in [3.63, 3.8) is 0 Å². The maximum Gasteiger partial charge on any atom is 0.253 e. The largest absolute Gasteiger partial charge is 0.390 e. The Morgan fingerprint density at radius 1 is 0.868 bits per heavy atom. The van der Waals surface area contributed by atoms with E-state index < -0.39 is 5.60 Å². The van der Waals surface area contributed by atoms with E-state index in [1.807, 2.05) is 78.7 Å². The second-order valence-corrected chi connectivity index (χ2v) is 11.1. The quantitative estimate of drug-likeness (QED) is 0.376. The minimum atomic E-state index is -0.494. The minimum Gasteiger partial charge on any atom is -0.390 e. The van der Waals surface area contributed by atoms with E-state index in [0.717, 1.165) is 70.1 Å². The van der Waals surface area contributed by atoms with Crippen LogP contribution < -0.4 is 0 Å². The molecule has 1 saturated carbocycles. The van der Waals surface area contributed by atoms with Crippen molar-refractivity contribution in [1.29, 1.82) is 0 Å². The molecule has 38 heavy (non-hydrogen) atoms. The summed E-state index contributed by atoms with van der Waals surface area (Å²) in [7, 11) is 1.96. The van der Waals surface area contributed by atoms with Crippen molar-refractivity contribution in [1.82, 2.24) is 9.80 Å². The summed E-state index contributed by atoms with van der Waals surface area (Å²) in [5.41, 5.74) is 1.65. The Morgan fingerprint density at radius 3 is 2.03 bits per heavy atom. The van der Waals surface area contributed by atoms with E-state index in [1.54, 1.807) is 0 Å². The zero-order valence-electron chi connectivity index (χ0n) is 22.9. The van der Waals surface area contributed by atoms with Crippen molar-refractivity contribution in [3.8, 4) is 0 Å². The van der Waals surface area contributed by atoms with Gasteiger partial charge in [0.15, 0.2) is 0 Å². The van der Waals surface area contributed by atoms with Gasteiger partial charge in [0, 0.05) is 38.3 Å². The molecule has 1 unspecified atom stereocenters. The van der Waals surface area contributed by atoms with E-state index >= 15 is 0 Å². The first kappa shape index (κ1) is 28.1. The molecular formula is C34H44N2O2. The van der Waals surface area contributed by atoms with Crippen LogP contribution in [0.2, 0.25) is 0 Å². The smallest absolute Gasteiger partial charge is 0.253 e. The van der Waals surface area contributed by atoms with Gasteiger partial charge in [-0.25, -0.2) is 0 Å². The van der Waals surface area contributed by atoms with Gasteiger partial charge in [-0.1, -0.05) is 84.9 Å². The second-order valence-electron chi connectivity index (χ2n) is 11.1. The number of likely N-dealkylation sites (tertiary alicyclic amines) is 1. The molecule has 1 amide bonds. The highest BCUT2D eigenvalue weighted by Crippen LogP contribution is 2.33. The van der Waals surface area contributed by atoms with E-state index in [1.165, 1.54) is 12.0 Å². The molecule has 2 atom stereocenters. The van der Waals surface area contributed by atoms with Gasteiger partial charge in [-0.15, -0.1) is 0 Å². The third-order valence-corrected chi connectivity index (χ3v) is 8.32. The zero-order valence-corrected chi connectivity index (χ0v) is 22.9. The van der Waals surface area contributed by atoms with Crippen LogP contribution in [0.5, 0.6) is 0 Å². The van der Waals surface area contributed by atoms with Crippen LogP contribution in [0.1, 0.15) is 60.9 Å². The summed E-state index contributed by atoms with van der Waals surface area (Å²) in [5, 5.41) is 11.0. The van der Waals surface area contributed by atoms with Gasteiger partial charge in [0.05, 0.1) is 5.60 Å². The first-order valence-electron chi connectivity index (χ1n) is 14.3. The fourth-order valence-corrected chi connectivity index (χ4v) is 5.93.